The molecule has 3 N–H and O–H groups in total. The number of aryl methyl sites for hydroxylation is 1. The van der Waals surface area contributed by atoms with Crippen molar-refractivity contribution in [2.24, 2.45) is 0 Å². The average molecular weight is 306 g/mol. The van der Waals surface area contributed by atoms with Gasteiger partial charge in [0.2, 0.25) is 0 Å². The standard InChI is InChI=1S/C15H16ClN3O2/c1-3-21-10-4-5-13(9(2)6-10)19-15(20)11-7-14(16)18-8-12(11)17/h4-8H,3,17H2,1-2H3,(H,19,20). The highest BCUT2D eigenvalue weighted by Gasteiger charge is 2.12. The van der Waals surface area contributed by atoms with Gasteiger partial charge in [-0.05, 0) is 43.7 Å². The van der Waals surface area contributed by atoms with E-state index >= 15 is 0 Å². The normalized spacial score (nSPS) is 10.2. The highest BCUT2D eigenvalue weighted by molar-refractivity contribution is 6.30. The summed E-state index contributed by atoms with van der Waals surface area (Å²) < 4.78 is 5.41. The van der Waals surface area contributed by atoms with E-state index in [0.717, 1.165) is 11.3 Å². The van der Waals surface area contributed by atoms with Crippen LogP contribution in [0.2, 0.25) is 5.15 Å². The van der Waals surface area contributed by atoms with Gasteiger partial charge >= 0.3 is 0 Å². The Labute approximate surface area is 128 Å². The molecule has 2 rings (SSSR count). The molecule has 0 bridgehead atoms. The molecule has 0 aliphatic carbocycles. The van der Waals surface area contributed by atoms with Crippen LogP contribution in [0, 0.1) is 6.92 Å². The zero-order valence-electron chi connectivity index (χ0n) is 11.8. The van der Waals surface area contributed by atoms with Crippen LogP contribution in [0.15, 0.2) is 30.5 Å². The largest absolute Gasteiger partial charge is 0.494 e. The van der Waals surface area contributed by atoms with Crippen molar-refractivity contribution in [2.75, 3.05) is 17.7 Å². The Morgan fingerprint density at radius 2 is 2.19 bits per heavy atom. The average Bonchev–Trinajstić information content (AvgIpc) is 2.44. The molecule has 1 heterocycles. The molecule has 6 heteroatoms. The van der Waals surface area contributed by atoms with E-state index in [9.17, 15) is 4.79 Å². The Bertz CT molecular complexity index is 674. The lowest BCUT2D eigenvalue weighted by atomic mass is 10.1. The molecular weight excluding hydrogens is 290 g/mol. The van der Waals surface area contributed by atoms with Crippen molar-refractivity contribution in [1.29, 1.82) is 0 Å². The SMILES string of the molecule is CCOc1ccc(NC(=O)c2cc(Cl)ncc2N)c(C)c1. The lowest BCUT2D eigenvalue weighted by Crippen LogP contribution is -2.15. The van der Waals surface area contributed by atoms with Gasteiger partial charge in [-0.3, -0.25) is 4.79 Å². The Kier molecular flexibility index (Phi) is 4.65. The van der Waals surface area contributed by atoms with Crippen molar-refractivity contribution < 1.29 is 9.53 Å². The summed E-state index contributed by atoms with van der Waals surface area (Å²) in [7, 11) is 0. The van der Waals surface area contributed by atoms with Crippen LogP contribution in [0.4, 0.5) is 11.4 Å². The molecule has 0 aliphatic rings. The van der Waals surface area contributed by atoms with Gasteiger partial charge in [-0.1, -0.05) is 11.6 Å². The van der Waals surface area contributed by atoms with Gasteiger partial charge in [-0.15, -0.1) is 0 Å². The summed E-state index contributed by atoms with van der Waals surface area (Å²) in [6.45, 7) is 4.40. The van der Waals surface area contributed by atoms with E-state index in [4.69, 9.17) is 22.1 Å². The number of hydrogen-bond acceptors (Lipinski definition) is 4. The number of nitrogens with one attached hydrogen (secondary N) is 1. The molecule has 1 aromatic carbocycles. The lowest BCUT2D eigenvalue weighted by Gasteiger charge is -2.11. The van der Waals surface area contributed by atoms with Crippen LogP contribution in [-0.2, 0) is 0 Å². The predicted octanol–water partition coefficient (Wildman–Crippen LogP) is 3.28. The summed E-state index contributed by atoms with van der Waals surface area (Å²) in [5.41, 5.74) is 7.90. The second-order valence-electron chi connectivity index (χ2n) is 4.46. The van der Waals surface area contributed by atoms with Gasteiger partial charge in [0.25, 0.3) is 5.91 Å². The molecular formula is C15H16ClN3O2. The summed E-state index contributed by atoms with van der Waals surface area (Å²) in [6.07, 6.45) is 1.36. The van der Waals surface area contributed by atoms with Crippen LogP contribution in [0.5, 0.6) is 5.75 Å². The van der Waals surface area contributed by atoms with Crippen molar-refractivity contribution >= 4 is 28.9 Å². The first-order valence-corrected chi connectivity index (χ1v) is 6.85. The number of pyridine rings is 1. The fourth-order valence-electron chi connectivity index (χ4n) is 1.86. The first-order chi connectivity index (χ1) is 10.0. The van der Waals surface area contributed by atoms with Gasteiger partial charge in [-0.2, -0.15) is 0 Å². The van der Waals surface area contributed by atoms with E-state index in [0.29, 0.717) is 17.9 Å². The second-order valence-corrected chi connectivity index (χ2v) is 4.85. The number of aromatic nitrogens is 1. The Morgan fingerprint density at radius 3 is 2.86 bits per heavy atom. The lowest BCUT2D eigenvalue weighted by molar-refractivity contribution is 0.102. The van der Waals surface area contributed by atoms with E-state index in [1.807, 2.05) is 19.9 Å². The number of rotatable bonds is 4. The number of carbonyl (C=O) groups excluding carboxylic acids is 1. The minimum absolute atomic E-state index is 0.220. The number of anilines is 2. The van der Waals surface area contributed by atoms with Crippen LogP contribution in [0.1, 0.15) is 22.8 Å². The molecule has 0 aliphatic heterocycles. The number of carbonyl (C=O) groups is 1. The molecule has 21 heavy (non-hydrogen) atoms. The highest BCUT2D eigenvalue weighted by Crippen LogP contribution is 2.23. The first kappa shape index (κ1) is 15.1. The fourth-order valence-corrected chi connectivity index (χ4v) is 2.02. The molecule has 0 spiro atoms. The number of benzene rings is 1. The number of hydrogen-bond donors (Lipinski definition) is 2. The maximum absolute atomic E-state index is 12.2. The van der Waals surface area contributed by atoms with E-state index in [-0.39, 0.29) is 16.7 Å². The quantitative estimate of drug-likeness (QED) is 0.850. The second kappa shape index (κ2) is 6.45. The fraction of sp³-hybridized carbons (Fsp3) is 0.200. The maximum atomic E-state index is 12.2. The topological polar surface area (TPSA) is 77.2 Å². The van der Waals surface area contributed by atoms with Crippen LogP contribution in [0.3, 0.4) is 0 Å². The van der Waals surface area contributed by atoms with Gasteiger partial charge in [0, 0.05) is 5.69 Å². The van der Waals surface area contributed by atoms with Crippen molar-refractivity contribution in [3.63, 3.8) is 0 Å². The van der Waals surface area contributed by atoms with Crippen LogP contribution >= 0.6 is 11.6 Å². The number of halogens is 1. The van der Waals surface area contributed by atoms with E-state index in [2.05, 4.69) is 10.3 Å². The van der Waals surface area contributed by atoms with Gasteiger partial charge in [0.15, 0.2) is 0 Å². The number of nitrogens with zero attached hydrogens (tertiary/aromatic N) is 1. The minimum Gasteiger partial charge on any atom is -0.494 e. The van der Waals surface area contributed by atoms with Crippen molar-refractivity contribution in [3.05, 3.63) is 46.7 Å². The monoisotopic (exact) mass is 305 g/mol. The highest BCUT2D eigenvalue weighted by atomic mass is 35.5. The van der Waals surface area contributed by atoms with Gasteiger partial charge in [0.05, 0.1) is 24.1 Å². The molecule has 0 radical (unpaired) electrons. The number of nitrogen functional groups attached to an aromatic ring is 1. The van der Waals surface area contributed by atoms with Gasteiger partial charge in [0.1, 0.15) is 10.9 Å². The van der Waals surface area contributed by atoms with E-state index in [1.165, 1.54) is 12.3 Å². The zero-order valence-corrected chi connectivity index (χ0v) is 12.6. The third-order valence-electron chi connectivity index (χ3n) is 2.90. The van der Waals surface area contributed by atoms with Crippen LogP contribution in [0.25, 0.3) is 0 Å². The minimum atomic E-state index is -0.330. The molecule has 0 saturated heterocycles. The third kappa shape index (κ3) is 3.64. The smallest absolute Gasteiger partial charge is 0.257 e. The molecule has 2 aromatic rings. The van der Waals surface area contributed by atoms with Gasteiger partial charge < -0.3 is 15.8 Å². The van der Waals surface area contributed by atoms with Crippen molar-refractivity contribution in [3.8, 4) is 5.75 Å². The predicted molar refractivity (Wildman–Crippen MR) is 84.0 cm³/mol. The molecule has 5 nitrogen and oxygen atoms in total. The summed E-state index contributed by atoms with van der Waals surface area (Å²) in [4.78, 5) is 16.1. The molecule has 1 amide bonds. The number of amides is 1. The van der Waals surface area contributed by atoms with E-state index in [1.54, 1.807) is 12.1 Å². The molecule has 1 aromatic heterocycles. The maximum Gasteiger partial charge on any atom is 0.257 e. The number of ether oxygens (including phenoxy) is 1. The molecule has 0 atom stereocenters. The zero-order chi connectivity index (χ0) is 15.4. The van der Waals surface area contributed by atoms with Crippen molar-refractivity contribution in [1.82, 2.24) is 4.98 Å². The molecule has 110 valence electrons. The Morgan fingerprint density at radius 1 is 1.43 bits per heavy atom. The summed E-state index contributed by atoms with van der Waals surface area (Å²) >= 11 is 5.79. The molecule has 0 saturated carbocycles. The first-order valence-electron chi connectivity index (χ1n) is 6.47. The van der Waals surface area contributed by atoms with Crippen LogP contribution in [-0.4, -0.2) is 17.5 Å². The molecule has 0 unspecified atom stereocenters. The van der Waals surface area contributed by atoms with Crippen molar-refractivity contribution in [2.45, 2.75) is 13.8 Å². The molecule has 0 fully saturated rings. The summed E-state index contributed by atoms with van der Waals surface area (Å²) in [6, 6.07) is 6.89. The Hall–Kier alpha value is -2.27. The van der Waals surface area contributed by atoms with Crippen LogP contribution < -0.4 is 15.8 Å². The summed E-state index contributed by atoms with van der Waals surface area (Å²) in [5, 5.41) is 3.02. The van der Waals surface area contributed by atoms with Gasteiger partial charge in [-0.25, -0.2) is 4.98 Å². The van der Waals surface area contributed by atoms with E-state index < -0.39 is 0 Å². The third-order valence-corrected chi connectivity index (χ3v) is 3.11. The number of nitrogens with two attached hydrogens (primary N) is 1. The summed E-state index contributed by atoms with van der Waals surface area (Å²) in [5.74, 6) is 0.434. The Balaban J connectivity index is 2.21.